The van der Waals surface area contributed by atoms with Crippen molar-refractivity contribution in [3.63, 3.8) is 0 Å². The molecule has 2 fully saturated rings. The standard InChI is InChI=1S/C15H16O2.2C13H18O2/c1-15(2,11-3-7-13(16)8-4-11)12-5-9-14(17)10-6-12;2*1-9(2)6-13(11(14)15)8-10-4-5-12(13,3)7-10/h3-10,16-17H,1-2H3;2*4-5,10H,1,6-8H2,2-3H3,(H,14,15). The Morgan fingerprint density at radius 2 is 1.00 bits per heavy atom. The van der Waals surface area contributed by atoms with Gasteiger partial charge >= 0.3 is 11.9 Å². The number of allylic oxidation sites excluding steroid dienone is 6. The van der Waals surface area contributed by atoms with Gasteiger partial charge in [-0.15, -0.1) is 13.2 Å². The average Bonchev–Trinajstić information content (AvgIpc) is 3.70. The van der Waals surface area contributed by atoms with Gasteiger partial charge in [-0.3, -0.25) is 9.59 Å². The normalized spacial score (nSPS) is 31.0. The van der Waals surface area contributed by atoms with Gasteiger partial charge in [0.05, 0.1) is 10.8 Å². The molecule has 0 saturated heterocycles. The van der Waals surface area contributed by atoms with E-state index in [0.717, 1.165) is 48.0 Å². The van der Waals surface area contributed by atoms with Gasteiger partial charge in [-0.2, -0.15) is 0 Å². The van der Waals surface area contributed by atoms with Crippen molar-refractivity contribution in [2.45, 2.75) is 85.5 Å². The van der Waals surface area contributed by atoms with Crippen molar-refractivity contribution in [3.8, 4) is 11.5 Å². The number of fused-ring (bicyclic) bond motifs is 4. The lowest BCUT2D eigenvalue weighted by molar-refractivity contribution is -0.154. The number of phenols is 2. The van der Waals surface area contributed by atoms with Gasteiger partial charge in [-0.1, -0.05) is 87.4 Å². The van der Waals surface area contributed by atoms with Crippen molar-refractivity contribution >= 4 is 11.9 Å². The van der Waals surface area contributed by atoms with E-state index in [1.165, 1.54) is 0 Å². The molecule has 0 spiro atoms. The van der Waals surface area contributed by atoms with Crippen LogP contribution in [0, 0.1) is 33.5 Å². The average molecular weight is 641 g/mol. The SMILES string of the molecule is C=C(C)CC1(C(=O)O)CC2C=CC1(C)C2.C=C(C)CC1(C(=O)O)CC2C=CC1(C)C2.CC(C)(c1ccc(O)cc1)c1ccc(O)cc1. The summed E-state index contributed by atoms with van der Waals surface area (Å²) >= 11 is 0. The number of aromatic hydroxyl groups is 2. The van der Waals surface area contributed by atoms with Crippen LogP contribution in [0.3, 0.4) is 0 Å². The van der Waals surface area contributed by atoms with Crippen molar-refractivity contribution in [2.75, 3.05) is 0 Å². The molecule has 4 aliphatic carbocycles. The van der Waals surface area contributed by atoms with Gasteiger partial charge in [0.2, 0.25) is 0 Å². The number of phenolic OH excluding ortho intramolecular Hbond substituents is 2. The molecule has 6 rings (SSSR count). The van der Waals surface area contributed by atoms with Crippen molar-refractivity contribution in [3.05, 3.63) is 108 Å². The quantitative estimate of drug-likeness (QED) is 0.214. The van der Waals surface area contributed by atoms with Gasteiger partial charge in [-0.05, 0) is 99.6 Å². The summed E-state index contributed by atoms with van der Waals surface area (Å²) in [6.07, 6.45) is 13.3. The summed E-state index contributed by atoms with van der Waals surface area (Å²) in [7, 11) is 0. The molecular formula is C41H52O6. The van der Waals surface area contributed by atoms with Crippen LogP contribution in [0.5, 0.6) is 11.5 Å². The molecule has 2 saturated carbocycles. The van der Waals surface area contributed by atoms with E-state index in [4.69, 9.17) is 0 Å². The molecule has 4 aliphatic rings. The van der Waals surface area contributed by atoms with Gasteiger partial charge in [0.15, 0.2) is 0 Å². The Morgan fingerprint density at radius 1 is 0.681 bits per heavy atom. The number of carboxylic acid groups (broad SMARTS) is 2. The van der Waals surface area contributed by atoms with Crippen LogP contribution in [-0.2, 0) is 15.0 Å². The van der Waals surface area contributed by atoms with E-state index >= 15 is 0 Å². The van der Waals surface area contributed by atoms with Crippen molar-refractivity contribution in [2.24, 2.45) is 33.5 Å². The Kier molecular flexibility index (Phi) is 9.79. The smallest absolute Gasteiger partial charge is 0.310 e. The Hall–Kier alpha value is -4.06. The lowest BCUT2D eigenvalue weighted by Gasteiger charge is -2.39. The van der Waals surface area contributed by atoms with Crippen molar-refractivity contribution in [1.29, 1.82) is 0 Å². The maximum Gasteiger partial charge on any atom is 0.310 e. The number of hydrogen-bond donors (Lipinski definition) is 4. The fourth-order valence-electron chi connectivity index (χ4n) is 8.73. The summed E-state index contributed by atoms with van der Waals surface area (Å²) in [6.45, 7) is 20.0. The van der Waals surface area contributed by atoms with E-state index in [9.17, 15) is 30.0 Å². The molecule has 2 aromatic rings. The molecule has 0 amide bonds. The van der Waals surface area contributed by atoms with Crippen LogP contribution in [0.15, 0.2) is 97.1 Å². The zero-order chi connectivity index (χ0) is 35.0. The second kappa shape index (κ2) is 12.9. The number of carboxylic acids is 2. The monoisotopic (exact) mass is 640 g/mol. The number of rotatable bonds is 8. The fraction of sp³-hybridized carbons (Fsp3) is 0.463. The second-order valence-corrected chi connectivity index (χ2v) is 15.7. The molecule has 47 heavy (non-hydrogen) atoms. The van der Waals surface area contributed by atoms with Crippen LogP contribution in [0.4, 0.5) is 0 Å². The van der Waals surface area contributed by atoms with Crippen LogP contribution in [0.2, 0.25) is 0 Å². The number of hydrogen-bond acceptors (Lipinski definition) is 4. The third-order valence-electron chi connectivity index (χ3n) is 11.5. The largest absolute Gasteiger partial charge is 0.508 e. The van der Waals surface area contributed by atoms with Crippen LogP contribution >= 0.6 is 0 Å². The number of aliphatic carboxylic acids is 2. The van der Waals surface area contributed by atoms with Gasteiger partial charge < -0.3 is 20.4 Å². The topological polar surface area (TPSA) is 115 Å². The minimum absolute atomic E-state index is 0.151. The van der Waals surface area contributed by atoms with Crippen molar-refractivity contribution in [1.82, 2.24) is 0 Å². The number of carbonyl (C=O) groups is 2. The molecule has 4 bridgehead atoms. The molecule has 252 valence electrons. The summed E-state index contributed by atoms with van der Waals surface area (Å²) in [5.74, 6) is 0.168. The first-order valence-electron chi connectivity index (χ1n) is 16.5. The highest BCUT2D eigenvalue weighted by atomic mass is 16.4. The summed E-state index contributed by atoms with van der Waals surface area (Å²) in [5, 5.41) is 37.6. The van der Waals surface area contributed by atoms with Crippen LogP contribution < -0.4 is 0 Å². The molecule has 0 radical (unpaired) electrons. The summed E-state index contributed by atoms with van der Waals surface area (Å²) in [4.78, 5) is 23.2. The molecular weight excluding hydrogens is 588 g/mol. The zero-order valence-corrected chi connectivity index (χ0v) is 28.8. The number of benzene rings is 2. The molecule has 4 N–H and O–H groups in total. The summed E-state index contributed by atoms with van der Waals surface area (Å²) in [6, 6.07) is 14.4. The van der Waals surface area contributed by atoms with E-state index in [0.29, 0.717) is 24.7 Å². The van der Waals surface area contributed by atoms with Gasteiger partial charge in [0, 0.05) is 16.2 Å². The van der Waals surface area contributed by atoms with E-state index in [1.54, 1.807) is 24.3 Å². The molecule has 0 aliphatic heterocycles. The highest BCUT2D eigenvalue weighted by Gasteiger charge is 2.61. The zero-order valence-electron chi connectivity index (χ0n) is 28.8. The lowest BCUT2D eigenvalue weighted by Crippen LogP contribution is -2.41. The molecule has 6 nitrogen and oxygen atoms in total. The predicted molar refractivity (Wildman–Crippen MR) is 187 cm³/mol. The second-order valence-electron chi connectivity index (χ2n) is 15.7. The molecule has 6 atom stereocenters. The minimum atomic E-state index is -0.653. The third kappa shape index (κ3) is 6.70. The molecule has 6 heteroatoms. The van der Waals surface area contributed by atoms with E-state index in [2.05, 4.69) is 65.2 Å². The Morgan fingerprint density at radius 3 is 1.21 bits per heavy atom. The van der Waals surface area contributed by atoms with Crippen LogP contribution in [0.1, 0.15) is 91.2 Å². The van der Waals surface area contributed by atoms with Crippen LogP contribution in [0.25, 0.3) is 0 Å². The fourth-order valence-corrected chi connectivity index (χ4v) is 8.73. The van der Waals surface area contributed by atoms with E-state index < -0.39 is 22.8 Å². The van der Waals surface area contributed by atoms with Crippen LogP contribution in [-0.4, -0.2) is 32.4 Å². The van der Waals surface area contributed by atoms with E-state index in [1.807, 2.05) is 38.1 Å². The van der Waals surface area contributed by atoms with Crippen molar-refractivity contribution < 1.29 is 30.0 Å². The molecule has 6 unspecified atom stereocenters. The first-order chi connectivity index (χ1) is 21.8. The summed E-state index contributed by atoms with van der Waals surface area (Å²) < 4.78 is 0. The van der Waals surface area contributed by atoms with Gasteiger partial charge in [0.25, 0.3) is 0 Å². The van der Waals surface area contributed by atoms with Gasteiger partial charge in [-0.25, -0.2) is 0 Å². The maximum absolute atomic E-state index is 11.6. The minimum Gasteiger partial charge on any atom is -0.508 e. The third-order valence-corrected chi connectivity index (χ3v) is 11.5. The Balaban J connectivity index is 0.000000160. The highest BCUT2D eigenvalue weighted by molar-refractivity contribution is 5.78. The summed E-state index contributed by atoms with van der Waals surface area (Å²) in [5.41, 5.74) is 2.52. The van der Waals surface area contributed by atoms with Gasteiger partial charge in [0.1, 0.15) is 11.5 Å². The Labute approximate surface area is 280 Å². The Bertz CT molecular complexity index is 1460. The van der Waals surface area contributed by atoms with E-state index in [-0.39, 0.29) is 27.7 Å². The molecule has 2 aromatic carbocycles. The lowest BCUT2D eigenvalue weighted by atomic mass is 9.63. The first-order valence-corrected chi connectivity index (χ1v) is 16.5. The highest BCUT2D eigenvalue weighted by Crippen LogP contribution is 2.64. The molecule has 0 aromatic heterocycles. The predicted octanol–water partition coefficient (Wildman–Crippen LogP) is 9.44. The maximum atomic E-state index is 11.6. The first kappa shape index (κ1) is 35.8. The molecule has 0 heterocycles.